The van der Waals surface area contributed by atoms with Gasteiger partial charge in [0.15, 0.2) is 0 Å². The summed E-state index contributed by atoms with van der Waals surface area (Å²) in [6.07, 6.45) is -2.97. The molecule has 1 heterocycles. The number of hydrogen-bond acceptors (Lipinski definition) is 1. The summed E-state index contributed by atoms with van der Waals surface area (Å²) >= 11 is 8.93. The second-order valence-corrected chi connectivity index (χ2v) is 5.20. The van der Waals surface area contributed by atoms with E-state index in [9.17, 15) is 18.0 Å². The molecule has 2 rings (SSSR count). The standard InChI is InChI=1S/C12H7BrClF3N2O/c13-7-4-10(18-5-7)11(20)19-9-3-6(12(15,16)17)1-2-8(9)14/h1-5,18H,(H,19,20). The number of carbonyl (C=O) groups is 1. The second kappa shape index (κ2) is 5.49. The molecule has 0 atom stereocenters. The van der Waals surface area contributed by atoms with Crippen molar-refractivity contribution in [3.8, 4) is 0 Å². The van der Waals surface area contributed by atoms with Crippen molar-refractivity contribution >= 4 is 39.1 Å². The third-order valence-corrected chi connectivity index (χ3v) is 3.22. The van der Waals surface area contributed by atoms with Crippen LogP contribution in [0.4, 0.5) is 18.9 Å². The summed E-state index contributed by atoms with van der Waals surface area (Å²) in [5.41, 5.74) is -0.785. The number of aromatic amines is 1. The van der Waals surface area contributed by atoms with Gasteiger partial charge in [0, 0.05) is 10.7 Å². The number of hydrogen-bond donors (Lipinski definition) is 2. The van der Waals surface area contributed by atoms with E-state index in [0.717, 1.165) is 18.2 Å². The summed E-state index contributed by atoms with van der Waals surface area (Å²) in [7, 11) is 0. The molecule has 106 valence electrons. The fourth-order valence-electron chi connectivity index (χ4n) is 1.49. The maximum atomic E-state index is 12.6. The molecule has 0 fully saturated rings. The van der Waals surface area contributed by atoms with Crippen molar-refractivity contribution in [1.82, 2.24) is 4.98 Å². The van der Waals surface area contributed by atoms with Gasteiger partial charge >= 0.3 is 6.18 Å². The van der Waals surface area contributed by atoms with E-state index in [0.29, 0.717) is 4.47 Å². The number of nitrogens with one attached hydrogen (secondary N) is 2. The summed E-state index contributed by atoms with van der Waals surface area (Å²) in [5, 5.41) is 2.35. The highest BCUT2D eigenvalue weighted by atomic mass is 79.9. The molecule has 0 spiro atoms. The lowest BCUT2D eigenvalue weighted by molar-refractivity contribution is -0.137. The van der Waals surface area contributed by atoms with Crippen molar-refractivity contribution in [1.29, 1.82) is 0 Å². The molecule has 0 radical (unpaired) electrons. The Balaban J connectivity index is 2.27. The lowest BCUT2D eigenvalue weighted by Crippen LogP contribution is -2.14. The molecule has 0 bridgehead atoms. The van der Waals surface area contributed by atoms with Crippen LogP contribution in [0.2, 0.25) is 5.02 Å². The minimum Gasteiger partial charge on any atom is -0.356 e. The minimum atomic E-state index is -4.50. The lowest BCUT2D eigenvalue weighted by Gasteiger charge is -2.11. The van der Waals surface area contributed by atoms with Crippen LogP contribution >= 0.6 is 27.5 Å². The molecule has 0 unspecified atom stereocenters. The molecule has 20 heavy (non-hydrogen) atoms. The van der Waals surface area contributed by atoms with Gasteiger partial charge in [0.1, 0.15) is 5.69 Å². The second-order valence-electron chi connectivity index (χ2n) is 3.88. The highest BCUT2D eigenvalue weighted by Gasteiger charge is 2.31. The molecule has 1 aromatic heterocycles. The number of H-pyrrole nitrogens is 1. The van der Waals surface area contributed by atoms with Crippen LogP contribution in [0.1, 0.15) is 16.1 Å². The Morgan fingerprint density at radius 1 is 1.30 bits per heavy atom. The number of carbonyl (C=O) groups excluding carboxylic acids is 1. The van der Waals surface area contributed by atoms with E-state index in [1.54, 1.807) is 0 Å². The van der Waals surface area contributed by atoms with Gasteiger partial charge in [0.25, 0.3) is 5.91 Å². The molecule has 0 aliphatic heterocycles. The zero-order valence-electron chi connectivity index (χ0n) is 9.68. The number of anilines is 1. The van der Waals surface area contributed by atoms with Crippen molar-refractivity contribution in [2.24, 2.45) is 0 Å². The van der Waals surface area contributed by atoms with Crippen molar-refractivity contribution in [3.63, 3.8) is 0 Å². The Bertz CT molecular complexity index is 654. The van der Waals surface area contributed by atoms with Gasteiger partial charge in [0.05, 0.1) is 16.3 Å². The molecular formula is C12H7BrClF3N2O. The van der Waals surface area contributed by atoms with Gasteiger partial charge in [-0.15, -0.1) is 0 Å². The van der Waals surface area contributed by atoms with Gasteiger partial charge < -0.3 is 10.3 Å². The van der Waals surface area contributed by atoms with Crippen LogP contribution in [-0.4, -0.2) is 10.9 Å². The SMILES string of the molecule is O=C(Nc1cc(C(F)(F)F)ccc1Cl)c1cc(Br)c[nH]1. The first-order valence-electron chi connectivity index (χ1n) is 5.29. The van der Waals surface area contributed by atoms with E-state index in [2.05, 4.69) is 26.2 Å². The number of aromatic nitrogens is 1. The third-order valence-electron chi connectivity index (χ3n) is 2.43. The Hall–Kier alpha value is -1.47. The van der Waals surface area contributed by atoms with E-state index >= 15 is 0 Å². The predicted molar refractivity (Wildman–Crippen MR) is 72.9 cm³/mol. The highest BCUT2D eigenvalue weighted by molar-refractivity contribution is 9.10. The van der Waals surface area contributed by atoms with Crippen molar-refractivity contribution in [2.45, 2.75) is 6.18 Å². The van der Waals surface area contributed by atoms with Crippen LogP contribution in [0.25, 0.3) is 0 Å². The third kappa shape index (κ3) is 3.34. The number of rotatable bonds is 2. The quantitative estimate of drug-likeness (QED) is 0.794. The van der Waals surface area contributed by atoms with Crippen molar-refractivity contribution < 1.29 is 18.0 Å². The molecular weight excluding hydrogens is 360 g/mol. The Kier molecular flexibility index (Phi) is 4.10. The summed E-state index contributed by atoms with van der Waals surface area (Å²) in [4.78, 5) is 14.5. The van der Waals surface area contributed by atoms with E-state index in [-0.39, 0.29) is 16.4 Å². The van der Waals surface area contributed by atoms with Gasteiger partial charge in [-0.1, -0.05) is 11.6 Å². The summed E-state index contributed by atoms with van der Waals surface area (Å²) in [5.74, 6) is -0.586. The maximum absolute atomic E-state index is 12.6. The fraction of sp³-hybridized carbons (Fsp3) is 0.0833. The van der Waals surface area contributed by atoms with Gasteiger partial charge in [-0.3, -0.25) is 4.79 Å². The van der Waals surface area contributed by atoms with Crippen LogP contribution < -0.4 is 5.32 Å². The monoisotopic (exact) mass is 366 g/mol. The summed E-state index contributed by atoms with van der Waals surface area (Å²) < 4.78 is 38.4. The largest absolute Gasteiger partial charge is 0.416 e. The average molecular weight is 368 g/mol. The number of amides is 1. The molecule has 1 amide bonds. The molecule has 1 aromatic carbocycles. The normalized spacial score (nSPS) is 11.4. The smallest absolute Gasteiger partial charge is 0.356 e. The van der Waals surface area contributed by atoms with Crippen LogP contribution in [0.15, 0.2) is 34.9 Å². The van der Waals surface area contributed by atoms with Gasteiger partial charge in [0.2, 0.25) is 0 Å². The first-order valence-corrected chi connectivity index (χ1v) is 6.46. The van der Waals surface area contributed by atoms with E-state index in [1.807, 2.05) is 0 Å². The Morgan fingerprint density at radius 2 is 2.00 bits per heavy atom. The van der Waals surface area contributed by atoms with E-state index < -0.39 is 17.6 Å². The van der Waals surface area contributed by atoms with E-state index in [4.69, 9.17) is 11.6 Å². The maximum Gasteiger partial charge on any atom is 0.416 e. The van der Waals surface area contributed by atoms with Gasteiger partial charge in [-0.05, 0) is 40.2 Å². The Labute approximate surface area is 125 Å². The summed E-state index contributed by atoms with van der Waals surface area (Å²) in [6.45, 7) is 0. The van der Waals surface area contributed by atoms with E-state index in [1.165, 1.54) is 12.3 Å². The highest BCUT2D eigenvalue weighted by Crippen LogP contribution is 2.33. The minimum absolute atomic E-state index is 0.0250. The molecule has 3 nitrogen and oxygen atoms in total. The van der Waals surface area contributed by atoms with Crippen molar-refractivity contribution in [3.05, 3.63) is 51.2 Å². The number of alkyl halides is 3. The van der Waals surface area contributed by atoms with Crippen LogP contribution in [0, 0.1) is 0 Å². The molecule has 8 heteroatoms. The van der Waals surface area contributed by atoms with Crippen LogP contribution in [-0.2, 0) is 6.18 Å². The topological polar surface area (TPSA) is 44.9 Å². The zero-order chi connectivity index (χ0) is 14.9. The first-order chi connectivity index (χ1) is 9.27. The molecule has 0 aliphatic carbocycles. The van der Waals surface area contributed by atoms with Crippen LogP contribution in [0.3, 0.4) is 0 Å². The first kappa shape index (κ1) is 14.9. The molecule has 0 aliphatic rings. The predicted octanol–water partition coefficient (Wildman–Crippen LogP) is 4.70. The average Bonchev–Trinajstić information content (AvgIpc) is 2.77. The number of benzene rings is 1. The molecule has 2 N–H and O–H groups in total. The fourth-order valence-corrected chi connectivity index (χ4v) is 1.99. The number of halogens is 5. The summed E-state index contributed by atoms with van der Waals surface area (Å²) in [6, 6.07) is 4.23. The van der Waals surface area contributed by atoms with Gasteiger partial charge in [-0.2, -0.15) is 13.2 Å². The molecule has 2 aromatic rings. The zero-order valence-corrected chi connectivity index (χ0v) is 12.0. The Morgan fingerprint density at radius 3 is 2.55 bits per heavy atom. The van der Waals surface area contributed by atoms with Gasteiger partial charge in [-0.25, -0.2) is 0 Å². The lowest BCUT2D eigenvalue weighted by atomic mass is 10.2. The van der Waals surface area contributed by atoms with Crippen molar-refractivity contribution in [2.75, 3.05) is 5.32 Å². The molecule has 0 saturated heterocycles. The van der Waals surface area contributed by atoms with Crippen LogP contribution in [0.5, 0.6) is 0 Å². The molecule has 0 saturated carbocycles.